The number of sulfonamides is 1. The van der Waals surface area contributed by atoms with Crippen molar-refractivity contribution in [3.05, 3.63) is 87.9 Å². The van der Waals surface area contributed by atoms with Crippen molar-refractivity contribution in [2.75, 3.05) is 24.5 Å². The molecule has 0 aliphatic rings. The van der Waals surface area contributed by atoms with Crippen molar-refractivity contribution in [2.24, 2.45) is 0 Å². The van der Waals surface area contributed by atoms with Crippen LogP contribution >= 0.6 is 23.2 Å². The fraction of sp³-hybridized carbons (Fsp3) is 0.286. The Labute approximate surface area is 239 Å². The number of anilines is 1. The largest absolute Gasteiger partial charge is 0.494 e. The molecule has 0 bridgehead atoms. The van der Waals surface area contributed by atoms with Crippen LogP contribution in [-0.2, 0) is 26.2 Å². The third-order valence-corrected chi connectivity index (χ3v) is 8.60. The van der Waals surface area contributed by atoms with Crippen molar-refractivity contribution in [1.82, 2.24) is 10.2 Å². The fourth-order valence-corrected chi connectivity index (χ4v) is 5.60. The van der Waals surface area contributed by atoms with Crippen LogP contribution in [0.2, 0.25) is 10.0 Å². The summed E-state index contributed by atoms with van der Waals surface area (Å²) in [7, 11) is -2.69. The van der Waals surface area contributed by atoms with E-state index < -0.39 is 34.4 Å². The molecule has 0 spiro atoms. The summed E-state index contributed by atoms with van der Waals surface area (Å²) in [5.41, 5.74) is 1.79. The number of nitrogens with zero attached hydrogens (tertiary/aromatic N) is 2. The topological polar surface area (TPSA) is 96.0 Å². The fourth-order valence-electron chi connectivity index (χ4n) is 3.87. The SMILES string of the molecule is CCOc1ccc(N(CC(=O)N(Cc2ccc(Cl)c(Cl)c2)[C@H](C)C(=O)NC)S(=O)(=O)c2ccc(C)cc2)cc1. The maximum atomic E-state index is 13.8. The van der Waals surface area contributed by atoms with Crippen molar-refractivity contribution < 1.29 is 22.7 Å². The summed E-state index contributed by atoms with van der Waals surface area (Å²) in [6, 6.07) is 16.8. The van der Waals surface area contributed by atoms with E-state index >= 15 is 0 Å². The van der Waals surface area contributed by atoms with Crippen molar-refractivity contribution in [2.45, 2.75) is 38.3 Å². The van der Waals surface area contributed by atoms with Crippen molar-refractivity contribution >= 4 is 50.7 Å². The van der Waals surface area contributed by atoms with E-state index in [-0.39, 0.29) is 17.1 Å². The number of benzene rings is 3. The summed E-state index contributed by atoms with van der Waals surface area (Å²) in [5, 5.41) is 3.19. The molecule has 3 aromatic carbocycles. The molecule has 11 heteroatoms. The number of halogens is 2. The van der Waals surface area contributed by atoms with Gasteiger partial charge in [-0.25, -0.2) is 8.42 Å². The van der Waals surface area contributed by atoms with Crippen molar-refractivity contribution in [1.29, 1.82) is 0 Å². The Morgan fingerprint density at radius 1 is 0.974 bits per heavy atom. The Bertz CT molecular complexity index is 1410. The lowest BCUT2D eigenvalue weighted by atomic mass is 10.1. The van der Waals surface area contributed by atoms with Crippen LogP contribution in [0.25, 0.3) is 0 Å². The third-order valence-electron chi connectivity index (χ3n) is 6.07. The van der Waals surface area contributed by atoms with Crippen LogP contribution in [0.15, 0.2) is 71.6 Å². The van der Waals surface area contributed by atoms with Gasteiger partial charge < -0.3 is 15.0 Å². The Morgan fingerprint density at radius 2 is 1.62 bits per heavy atom. The van der Waals surface area contributed by atoms with E-state index in [0.29, 0.717) is 28.0 Å². The summed E-state index contributed by atoms with van der Waals surface area (Å²) >= 11 is 12.2. The Kier molecular flexibility index (Phi) is 10.2. The van der Waals surface area contributed by atoms with Gasteiger partial charge in [-0.05, 0) is 74.9 Å². The predicted molar refractivity (Wildman–Crippen MR) is 154 cm³/mol. The third kappa shape index (κ3) is 7.44. The van der Waals surface area contributed by atoms with Crippen LogP contribution in [0.3, 0.4) is 0 Å². The van der Waals surface area contributed by atoms with Crippen LogP contribution in [0.1, 0.15) is 25.0 Å². The standard InChI is InChI=1S/C28H31Cl2N3O5S/c1-5-38-23-11-9-22(10-12-23)33(39(36,37)24-13-6-19(2)7-14-24)18-27(34)32(20(3)28(35)31-4)17-21-8-15-25(29)26(30)16-21/h6-16,20H,5,17-18H2,1-4H3,(H,31,35)/t20-/m1/s1. The van der Waals surface area contributed by atoms with Gasteiger partial charge in [-0.15, -0.1) is 0 Å². The molecule has 0 radical (unpaired) electrons. The Morgan fingerprint density at radius 3 is 2.18 bits per heavy atom. The summed E-state index contributed by atoms with van der Waals surface area (Å²) in [5.74, 6) is -0.422. The van der Waals surface area contributed by atoms with Crippen LogP contribution < -0.4 is 14.4 Å². The molecule has 39 heavy (non-hydrogen) atoms. The highest BCUT2D eigenvalue weighted by molar-refractivity contribution is 7.92. The number of nitrogens with one attached hydrogen (secondary N) is 1. The average Bonchev–Trinajstić information content (AvgIpc) is 2.92. The van der Waals surface area contributed by atoms with Gasteiger partial charge in [0.05, 0.1) is 27.2 Å². The molecule has 0 aliphatic carbocycles. The molecule has 0 aliphatic heterocycles. The number of likely N-dealkylation sites (N-methyl/N-ethyl adjacent to an activating group) is 1. The van der Waals surface area contributed by atoms with Crippen molar-refractivity contribution in [3.8, 4) is 5.75 Å². The first kappa shape index (κ1) is 30.3. The molecule has 0 saturated heterocycles. The number of hydrogen-bond acceptors (Lipinski definition) is 5. The highest BCUT2D eigenvalue weighted by Crippen LogP contribution is 2.28. The van der Waals surface area contributed by atoms with E-state index in [4.69, 9.17) is 27.9 Å². The predicted octanol–water partition coefficient (Wildman–Crippen LogP) is 5.06. The first-order valence-electron chi connectivity index (χ1n) is 12.2. The molecular formula is C28H31Cl2N3O5S. The van der Waals surface area contributed by atoms with Gasteiger partial charge in [0.25, 0.3) is 10.0 Å². The summed E-state index contributed by atoms with van der Waals surface area (Å²) in [4.78, 5) is 27.7. The quantitative estimate of drug-likeness (QED) is 0.336. The second-order valence-corrected chi connectivity index (χ2v) is 11.5. The second kappa shape index (κ2) is 13.2. The van der Waals surface area contributed by atoms with Crippen LogP contribution in [0, 0.1) is 6.92 Å². The van der Waals surface area contributed by atoms with Gasteiger partial charge in [0.1, 0.15) is 18.3 Å². The van der Waals surface area contributed by atoms with E-state index in [1.165, 1.54) is 24.1 Å². The highest BCUT2D eigenvalue weighted by Gasteiger charge is 2.32. The summed E-state index contributed by atoms with van der Waals surface area (Å²) < 4.78 is 34.2. The minimum absolute atomic E-state index is 0.00596. The summed E-state index contributed by atoms with van der Waals surface area (Å²) in [6.07, 6.45) is 0. The monoisotopic (exact) mass is 591 g/mol. The first-order valence-corrected chi connectivity index (χ1v) is 14.4. The van der Waals surface area contributed by atoms with E-state index in [1.54, 1.807) is 61.5 Å². The lowest BCUT2D eigenvalue weighted by Gasteiger charge is -2.32. The zero-order chi connectivity index (χ0) is 28.7. The van der Waals surface area contributed by atoms with E-state index in [0.717, 1.165) is 9.87 Å². The molecule has 0 fully saturated rings. The molecule has 3 rings (SSSR count). The Hall–Kier alpha value is -3.27. The van der Waals surface area contributed by atoms with Gasteiger partial charge in [-0.1, -0.05) is 47.0 Å². The zero-order valence-corrected chi connectivity index (χ0v) is 24.5. The van der Waals surface area contributed by atoms with Gasteiger partial charge in [0.2, 0.25) is 11.8 Å². The molecule has 0 heterocycles. The number of rotatable bonds is 11. The number of ether oxygens (including phenoxy) is 1. The maximum Gasteiger partial charge on any atom is 0.264 e. The first-order chi connectivity index (χ1) is 18.5. The molecule has 8 nitrogen and oxygen atoms in total. The smallest absolute Gasteiger partial charge is 0.264 e. The van der Waals surface area contributed by atoms with Crippen LogP contribution in [0.5, 0.6) is 5.75 Å². The normalized spacial score (nSPS) is 11.9. The molecule has 208 valence electrons. The second-order valence-electron chi connectivity index (χ2n) is 8.81. The minimum atomic E-state index is -4.16. The maximum absolute atomic E-state index is 13.8. The number of amides is 2. The molecule has 2 amide bonds. The van der Waals surface area contributed by atoms with Gasteiger partial charge in [0.15, 0.2) is 0 Å². The van der Waals surface area contributed by atoms with E-state index in [9.17, 15) is 18.0 Å². The average molecular weight is 593 g/mol. The Balaban J connectivity index is 2.04. The molecule has 0 saturated carbocycles. The molecule has 1 N–H and O–H groups in total. The lowest BCUT2D eigenvalue weighted by molar-refractivity contribution is -0.139. The number of aryl methyl sites for hydroxylation is 1. The van der Waals surface area contributed by atoms with Gasteiger partial charge in [-0.3, -0.25) is 13.9 Å². The molecule has 1 atom stereocenters. The summed E-state index contributed by atoms with van der Waals surface area (Å²) in [6.45, 7) is 5.18. The van der Waals surface area contributed by atoms with Gasteiger partial charge in [0, 0.05) is 13.6 Å². The van der Waals surface area contributed by atoms with Gasteiger partial charge >= 0.3 is 0 Å². The van der Waals surface area contributed by atoms with E-state index in [1.807, 2.05) is 13.8 Å². The molecule has 0 unspecified atom stereocenters. The van der Waals surface area contributed by atoms with Gasteiger partial charge in [-0.2, -0.15) is 0 Å². The molecule has 3 aromatic rings. The number of carbonyl (C=O) groups excluding carboxylic acids is 2. The van der Waals surface area contributed by atoms with Crippen molar-refractivity contribution in [3.63, 3.8) is 0 Å². The molecular weight excluding hydrogens is 561 g/mol. The number of carbonyl (C=O) groups is 2. The van der Waals surface area contributed by atoms with Crippen LogP contribution in [-0.4, -0.2) is 51.4 Å². The molecule has 0 aromatic heterocycles. The van der Waals surface area contributed by atoms with Crippen LogP contribution in [0.4, 0.5) is 5.69 Å². The number of hydrogen-bond donors (Lipinski definition) is 1. The van der Waals surface area contributed by atoms with E-state index in [2.05, 4.69) is 5.32 Å². The zero-order valence-electron chi connectivity index (χ0n) is 22.1. The lowest BCUT2D eigenvalue weighted by Crippen LogP contribution is -2.50. The minimum Gasteiger partial charge on any atom is -0.494 e. The highest BCUT2D eigenvalue weighted by atomic mass is 35.5.